The lowest BCUT2D eigenvalue weighted by Crippen LogP contribution is -2.36. The summed E-state index contributed by atoms with van der Waals surface area (Å²) in [6, 6.07) is 9.41. The van der Waals surface area contributed by atoms with Crippen molar-refractivity contribution < 1.29 is 14.7 Å². The monoisotopic (exact) mass is 305 g/mol. The lowest BCUT2D eigenvalue weighted by atomic mass is 10.0. The Labute approximate surface area is 126 Å². The molecule has 1 aromatic heterocycles. The number of rotatable bonds is 7. The Morgan fingerprint density at radius 3 is 2.67 bits per heavy atom. The first-order valence-corrected chi connectivity index (χ1v) is 7.26. The second kappa shape index (κ2) is 7.49. The van der Waals surface area contributed by atoms with Crippen molar-refractivity contribution in [3.05, 3.63) is 47.0 Å². The molecule has 1 amide bonds. The van der Waals surface area contributed by atoms with Crippen LogP contribution in [0.25, 0.3) is 0 Å². The van der Waals surface area contributed by atoms with E-state index in [0.29, 0.717) is 17.7 Å². The molecule has 1 atom stereocenters. The lowest BCUT2D eigenvalue weighted by molar-refractivity contribution is -0.137. The topological polar surface area (TPSA) is 92.2 Å². The lowest BCUT2D eigenvalue weighted by Gasteiger charge is -2.17. The number of nitrogens with zero attached hydrogens (tertiary/aromatic N) is 2. The first kappa shape index (κ1) is 15.1. The highest BCUT2D eigenvalue weighted by atomic mass is 32.1. The maximum absolute atomic E-state index is 12.0. The predicted octanol–water partition coefficient (Wildman–Crippen LogP) is 1.74. The van der Waals surface area contributed by atoms with Gasteiger partial charge in [-0.05, 0) is 29.9 Å². The number of carbonyl (C=O) groups excluding carboxylic acids is 1. The van der Waals surface area contributed by atoms with Crippen molar-refractivity contribution in [3.8, 4) is 0 Å². The van der Waals surface area contributed by atoms with Gasteiger partial charge in [-0.3, -0.25) is 9.59 Å². The summed E-state index contributed by atoms with van der Waals surface area (Å²) in [6.07, 6.45) is 2.38. The van der Waals surface area contributed by atoms with Crippen LogP contribution >= 0.6 is 11.5 Å². The number of carboxylic acids is 1. The Balaban J connectivity index is 2.01. The van der Waals surface area contributed by atoms with Gasteiger partial charge in [-0.15, -0.1) is 5.10 Å². The van der Waals surface area contributed by atoms with Crippen LogP contribution in [0.15, 0.2) is 36.5 Å². The second-order valence-corrected chi connectivity index (χ2v) is 5.36. The highest BCUT2D eigenvalue weighted by Crippen LogP contribution is 2.10. The van der Waals surface area contributed by atoms with Crippen LogP contribution in [0.1, 0.15) is 28.1 Å². The third kappa shape index (κ3) is 4.96. The first-order valence-electron chi connectivity index (χ1n) is 6.49. The average molecular weight is 305 g/mol. The number of hydrogen-bond acceptors (Lipinski definition) is 5. The smallest absolute Gasteiger partial charge is 0.303 e. The van der Waals surface area contributed by atoms with E-state index < -0.39 is 5.97 Å². The van der Waals surface area contributed by atoms with Crippen molar-refractivity contribution in [3.63, 3.8) is 0 Å². The van der Waals surface area contributed by atoms with Crippen LogP contribution in [0.5, 0.6) is 0 Å². The number of aromatic nitrogens is 2. The Morgan fingerprint density at radius 1 is 1.29 bits per heavy atom. The van der Waals surface area contributed by atoms with Crippen LogP contribution in [-0.2, 0) is 11.2 Å². The molecule has 6 nitrogen and oxygen atoms in total. The first-order chi connectivity index (χ1) is 10.1. The molecular formula is C14H15N3O3S. The Kier molecular flexibility index (Phi) is 5.39. The summed E-state index contributed by atoms with van der Waals surface area (Å²) in [5.74, 6) is -1.14. The normalized spacial score (nSPS) is 11.8. The Hall–Kier alpha value is -2.28. The van der Waals surface area contributed by atoms with Crippen LogP contribution in [0, 0.1) is 0 Å². The molecule has 0 saturated heterocycles. The molecule has 7 heteroatoms. The number of amides is 1. The van der Waals surface area contributed by atoms with Crippen molar-refractivity contribution >= 4 is 23.4 Å². The minimum Gasteiger partial charge on any atom is -0.481 e. The summed E-state index contributed by atoms with van der Waals surface area (Å²) in [5.41, 5.74) is 1.05. The molecule has 0 saturated carbocycles. The summed E-state index contributed by atoms with van der Waals surface area (Å²) < 4.78 is 3.65. The zero-order chi connectivity index (χ0) is 15.1. The summed E-state index contributed by atoms with van der Waals surface area (Å²) in [6.45, 7) is 0. The van der Waals surface area contributed by atoms with Gasteiger partial charge >= 0.3 is 5.97 Å². The van der Waals surface area contributed by atoms with E-state index in [1.807, 2.05) is 30.3 Å². The fourth-order valence-corrected chi connectivity index (χ4v) is 2.36. The highest BCUT2D eigenvalue weighted by Gasteiger charge is 2.17. The molecule has 2 N–H and O–H groups in total. The zero-order valence-electron chi connectivity index (χ0n) is 11.2. The largest absolute Gasteiger partial charge is 0.481 e. The van der Waals surface area contributed by atoms with E-state index in [1.54, 1.807) is 0 Å². The molecule has 0 fully saturated rings. The van der Waals surface area contributed by atoms with Gasteiger partial charge < -0.3 is 10.4 Å². The van der Waals surface area contributed by atoms with E-state index in [-0.39, 0.29) is 18.4 Å². The van der Waals surface area contributed by atoms with Gasteiger partial charge in [0, 0.05) is 12.5 Å². The fraction of sp³-hybridized carbons (Fsp3) is 0.286. The van der Waals surface area contributed by atoms with Crippen LogP contribution in [-0.4, -0.2) is 32.6 Å². The van der Waals surface area contributed by atoms with Gasteiger partial charge in [-0.2, -0.15) is 0 Å². The van der Waals surface area contributed by atoms with E-state index in [9.17, 15) is 9.59 Å². The molecule has 0 radical (unpaired) electrons. The minimum atomic E-state index is -0.873. The molecule has 0 aliphatic rings. The second-order valence-electron chi connectivity index (χ2n) is 4.57. The molecule has 110 valence electrons. The molecule has 21 heavy (non-hydrogen) atoms. The maximum atomic E-state index is 12.0. The van der Waals surface area contributed by atoms with Crippen LogP contribution < -0.4 is 5.32 Å². The molecule has 0 spiro atoms. The van der Waals surface area contributed by atoms with Gasteiger partial charge in [0.25, 0.3) is 5.91 Å². The molecular weight excluding hydrogens is 290 g/mol. The zero-order valence-corrected chi connectivity index (χ0v) is 12.0. The quantitative estimate of drug-likeness (QED) is 0.813. The van der Waals surface area contributed by atoms with Gasteiger partial charge in [0.1, 0.15) is 4.88 Å². The molecule has 1 unspecified atom stereocenters. The predicted molar refractivity (Wildman–Crippen MR) is 78.2 cm³/mol. The van der Waals surface area contributed by atoms with Gasteiger partial charge in [0.15, 0.2) is 0 Å². The number of aliphatic carboxylic acids is 1. The third-order valence-electron chi connectivity index (χ3n) is 2.95. The van der Waals surface area contributed by atoms with Crippen LogP contribution in [0.4, 0.5) is 0 Å². The van der Waals surface area contributed by atoms with E-state index in [1.165, 1.54) is 6.20 Å². The average Bonchev–Trinajstić information content (AvgIpc) is 3.00. The summed E-state index contributed by atoms with van der Waals surface area (Å²) in [4.78, 5) is 23.2. The number of nitrogens with one attached hydrogen (secondary N) is 1. The van der Waals surface area contributed by atoms with Crippen molar-refractivity contribution in [2.75, 3.05) is 0 Å². The van der Waals surface area contributed by atoms with E-state index in [4.69, 9.17) is 5.11 Å². The minimum absolute atomic E-state index is 0.0126. The molecule has 2 rings (SSSR count). The molecule has 1 aromatic carbocycles. The number of hydrogen-bond donors (Lipinski definition) is 2. The van der Waals surface area contributed by atoms with Gasteiger partial charge in [0.2, 0.25) is 0 Å². The third-order valence-corrected chi connectivity index (χ3v) is 3.62. The van der Waals surface area contributed by atoms with Crippen molar-refractivity contribution in [2.24, 2.45) is 0 Å². The Morgan fingerprint density at radius 2 is 2.05 bits per heavy atom. The maximum Gasteiger partial charge on any atom is 0.303 e. The van der Waals surface area contributed by atoms with Crippen molar-refractivity contribution in [2.45, 2.75) is 25.3 Å². The molecule has 0 aliphatic heterocycles. The number of carboxylic acid groups (broad SMARTS) is 1. The van der Waals surface area contributed by atoms with Crippen LogP contribution in [0.2, 0.25) is 0 Å². The van der Waals surface area contributed by atoms with E-state index >= 15 is 0 Å². The van der Waals surface area contributed by atoms with Gasteiger partial charge in [0.05, 0.1) is 6.20 Å². The SMILES string of the molecule is O=C(O)CCC(Cc1ccccc1)NC(=O)c1cnns1. The van der Waals surface area contributed by atoms with E-state index in [2.05, 4.69) is 14.9 Å². The van der Waals surface area contributed by atoms with Gasteiger partial charge in [-0.25, -0.2) is 0 Å². The van der Waals surface area contributed by atoms with Crippen LogP contribution in [0.3, 0.4) is 0 Å². The standard InChI is InChI=1S/C14H15N3O3S/c18-13(19)7-6-11(8-10-4-2-1-3-5-10)16-14(20)12-9-15-17-21-12/h1-5,9,11H,6-8H2,(H,16,20)(H,18,19). The molecule has 0 bridgehead atoms. The van der Waals surface area contributed by atoms with Crippen molar-refractivity contribution in [1.82, 2.24) is 14.9 Å². The fourth-order valence-electron chi connectivity index (χ4n) is 1.95. The molecule has 0 aliphatic carbocycles. The summed E-state index contributed by atoms with van der Waals surface area (Å²) in [7, 11) is 0. The van der Waals surface area contributed by atoms with Crippen molar-refractivity contribution in [1.29, 1.82) is 0 Å². The Bertz CT molecular complexity index is 587. The van der Waals surface area contributed by atoms with Gasteiger partial charge in [-0.1, -0.05) is 34.8 Å². The van der Waals surface area contributed by atoms with E-state index in [0.717, 1.165) is 17.1 Å². The number of benzene rings is 1. The molecule has 1 heterocycles. The highest BCUT2D eigenvalue weighted by molar-refractivity contribution is 7.07. The summed E-state index contributed by atoms with van der Waals surface area (Å²) in [5, 5.41) is 15.3. The molecule has 2 aromatic rings. The summed E-state index contributed by atoms with van der Waals surface area (Å²) >= 11 is 1.01. The number of carbonyl (C=O) groups is 2.